The summed E-state index contributed by atoms with van der Waals surface area (Å²) in [5.74, 6) is -0.00860. The van der Waals surface area contributed by atoms with Crippen molar-refractivity contribution < 1.29 is 29.3 Å². The summed E-state index contributed by atoms with van der Waals surface area (Å²) in [4.78, 5) is 49.8. The van der Waals surface area contributed by atoms with E-state index in [4.69, 9.17) is 4.74 Å². The van der Waals surface area contributed by atoms with E-state index in [1.165, 1.54) is 0 Å². The van der Waals surface area contributed by atoms with E-state index in [0.717, 1.165) is 33.3 Å². The Labute approximate surface area is 327 Å². The highest BCUT2D eigenvalue weighted by Crippen LogP contribution is 2.31. The number of carbonyl (C=O) groups excluding carboxylic acids is 3. The number of hydrogen-bond donors (Lipinski definition) is 7. The third kappa shape index (κ3) is 9.99. The summed E-state index contributed by atoms with van der Waals surface area (Å²) in [6.07, 6.45) is -1.27. The van der Waals surface area contributed by atoms with Crippen molar-refractivity contribution >= 4 is 28.8 Å². The molecule has 7 N–H and O–H groups in total. The van der Waals surface area contributed by atoms with Gasteiger partial charge in [-0.05, 0) is 58.4 Å². The van der Waals surface area contributed by atoms with Crippen LogP contribution in [0, 0.1) is 5.41 Å². The van der Waals surface area contributed by atoms with Gasteiger partial charge in [0.15, 0.2) is 0 Å². The number of H-pyrrole nitrogens is 1. The number of hydrogen-bond acceptors (Lipinski definition) is 8. The Hall–Kier alpha value is -5.56. The summed E-state index contributed by atoms with van der Waals surface area (Å²) in [5.41, 5.74) is 4.40. The van der Waals surface area contributed by atoms with Crippen LogP contribution in [0.25, 0.3) is 11.0 Å². The number of aryl methyl sites for hydroxylation is 1. The lowest BCUT2D eigenvalue weighted by atomic mass is 9.85. The van der Waals surface area contributed by atoms with Gasteiger partial charge in [-0.15, -0.1) is 0 Å². The number of methoxy groups -OCH3 is 1. The number of nitrogens with zero attached hydrogens (tertiary/aromatic N) is 1. The zero-order chi connectivity index (χ0) is 39.8. The highest BCUT2D eigenvalue weighted by molar-refractivity contribution is 5.89. The SMILES string of the molecule is COc1ccc(CN[C@@H](C(=O)N[C@H]2c3ccccc3C[C@H]2O)[C@H](O)[C@H](Cc2ccccc2)NC(=O)[C@@H](NC(=O)CCc2nc3ccccc3[nH]2)C(C)(C)C)cc1. The van der Waals surface area contributed by atoms with Gasteiger partial charge in [-0.2, -0.15) is 0 Å². The zero-order valence-electron chi connectivity index (χ0n) is 32.3. The van der Waals surface area contributed by atoms with E-state index in [1.807, 2.05) is 124 Å². The largest absolute Gasteiger partial charge is 0.497 e. The summed E-state index contributed by atoms with van der Waals surface area (Å²) in [6, 6.07) is 28.1. The molecular formula is C44H52N6O6. The number of aliphatic hydroxyl groups excluding tert-OH is 2. The normalized spacial score (nSPS) is 17.3. The first-order valence-corrected chi connectivity index (χ1v) is 19.1. The molecule has 1 aliphatic rings. The van der Waals surface area contributed by atoms with E-state index in [9.17, 15) is 24.6 Å². The van der Waals surface area contributed by atoms with Gasteiger partial charge < -0.3 is 35.9 Å². The standard InChI is InChI=1S/C44H52N6O6/c1-44(2,3)41(49-37(52)23-22-36-46-32-16-10-11-17-33(32)47-36)43(55)48-34(24-27-12-6-5-7-13-27)40(53)39(45-26-28-18-20-30(56-4)21-19-28)42(54)50-38-31-15-9-8-14-29(31)25-35(38)51/h5-21,34-35,38-41,45,51,53H,22-26H2,1-4H3,(H,46,47)(H,48,55)(H,49,52)(H,50,54)/t34-,35+,38-,39+,40+,41+/m0/s1. The molecule has 12 heteroatoms. The number of ether oxygens (including phenoxy) is 1. The van der Waals surface area contributed by atoms with Gasteiger partial charge in [-0.1, -0.05) is 99.6 Å². The first-order chi connectivity index (χ1) is 26.9. The summed E-state index contributed by atoms with van der Waals surface area (Å²) in [6.45, 7) is 5.78. The fraction of sp³-hybridized carbons (Fsp3) is 0.364. The topological polar surface area (TPSA) is 178 Å². The monoisotopic (exact) mass is 760 g/mol. The third-order valence-corrected chi connectivity index (χ3v) is 10.3. The molecule has 3 amide bonds. The number of benzene rings is 4. The average molecular weight is 761 g/mol. The number of para-hydroxylation sites is 2. The first kappa shape index (κ1) is 40.1. The van der Waals surface area contributed by atoms with E-state index in [1.54, 1.807) is 7.11 Å². The van der Waals surface area contributed by atoms with Crippen LogP contribution >= 0.6 is 0 Å². The lowest BCUT2D eigenvalue weighted by molar-refractivity contribution is -0.134. The third-order valence-electron chi connectivity index (χ3n) is 10.3. The number of fused-ring (bicyclic) bond motifs is 2. The average Bonchev–Trinajstić information content (AvgIpc) is 3.75. The van der Waals surface area contributed by atoms with Crippen LogP contribution in [0.4, 0.5) is 0 Å². The molecule has 0 aliphatic heterocycles. The summed E-state index contributed by atoms with van der Waals surface area (Å²) >= 11 is 0. The van der Waals surface area contributed by atoms with Gasteiger partial charge >= 0.3 is 0 Å². The van der Waals surface area contributed by atoms with Crippen molar-refractivity contribution in [2.75, 3.05) is 7.11 Å². The quantitative estimate of drug-likeness (QED) is 0.0788. The van der Waals surface area contributed by atoms with Crippen LogP contribution in [-0.2, 0) is 40.2 Å². The van der Waals surface area contributed by atoms with Gasteiger partial charge in [0.25, 0.3) is 0 Å². The Balaban J connectivity index is 1.23. The van der Waals surface area contributed by atoms with E-state index in [0.29, 0.717) is 24.4 Å². The van der Waals surface area contributed by atoms with Crippen LogP contribution in [0.1, 0.15) is 61.3 Å². The van der Waals surface area contributed by atoms with E-state index in [2.05, 4.69) is 31.2 Å². The van der Waals surface area contributed by atoms with Crippen molar-refractivity contribution in [1.82, 2.24) is 31.2 Å². The first-order valence-electron chi connectivity index (χ1n) is 19.1. The van der Waals surface area contributed by atoms with E-state index < -0.39 is 53.6 Å². The summed E-state index contributed by atoms with van der Waals surface area (Å²) in [5, 5.41) is 35.5. The molecule has 0 unspecified atom stereocenters. The molecule has 4 aromatic carbocycles. The van der Waals surface area contributed by atoms with Gasteiger partial charge in [0.2, 0.25) is 17.7 Å². The molecule has 5 aromatic rings. The lowest BCUT2D eigenvalue weighted by Crippen LogP contribution is -2.62. The number of amides is 3. The molecule has 1 aromatic heterocycles. The minimum atomic E-state index is -1.45. The van der Waals surface area contributed by atoms with Gasteiger partial charge in [-0.25, -0.2) is 4.98 Å². The highest BCUT2D eigenvalue weighted by atomic mass is 16.5. The summed E-state index contributed by atoms with van der Waals surface area (Å²) in [7, 11) is 1.58. The van der Waals surface area contributed by atoms with Crippen LogP contribution < -0.4 is 26.0 Å². The fourth-order valence-electron chi connectivity index (χ4n) is 7.22. The Morgan fingerprint density at radius 2 is 1.57 bits per heavy atom. The number of nitrogens with one attached hydrogen (secondary N) is 5. The lowest BCUT2D eigenvalue weighted by Gasteiger charge is -2.35. The molecule has 0 radical (unpaired) electrons. The van der Waals surface area contributed by atoms with Crippen molar-refractivity contribution in [2.24, 2.45) is 5.41 Å². The summed E-state index contributed by atoms with van der Waals surface area (Å²) < 4.78 is 5.30. The number of rotatable bonds is 16. The Bertz CT molecular complexity index is 2060. The minimum absolute atomic E-state index is 0.101. The van der Waals surface area contributed by atoms with Crippen LogP contribution in [0.5, 0.6) is 5.75 Å². The molecule has 6 rings (SSSR count). The predicted octanol–water partition coefficient (Wildman–Crippen LogP) is 4.06. The molecule has 0 spiro atoms. The maximum Gasteiger partial charge on any atom is 0.243 e. The number of carbonyl (C=O) groups is 3. The minimum Gasteiger partial charge on any atom is -0.497 e. The Kier molecular flexibility index (Phi) is 12.8. The van der Waals surface area contributed by atoms with Crippen molar-refractivity contribution in [3.63, 3.8) is 0 Å². The van der Waals surface area contributed by atoms with Gasteiger partial charge in [0.1, 0.15) is 23.7 Å². The fourth-order valence-corrected chi connectivity index (χ4v) is 7.22. The molecule has 6 atom stereocenters. The smallest absolute Gasteiger partial charge is 0.243 e. The molecule has 56 heavy (non-hydrogen) atoms. The number of imidazole rings is 1. The van der Waals surface area contributed by atoms with Crippen LogP contribution in [0.15, 0.2) is 103 Å². The van der Waals surface area contributed by atoms with Crippen molar-refractivity contribution in [2.45, 2.75) is 89.4 Å². The zero-order valence-corrected chi connectivity index (χ0v) is 32.3. The molecule has 0 fully saturated rings. The number of aromatic amines is 1. The molecule has 0 saturated carbocycles. The maximum absolute atomic E-state index is 14.3. The second-order valence-corrected chi connectivity index (χ2v) is 15.5. The Morgan fingerprint density at radius 3 is 2.29 bits per heavy atom. The predicted molar refractivity (Wildman–Crippen MR) is 215 cm³/mol. The van der Waals surface area contributed by atoms with E-state index >= 15 is 0 Å². The molecule has 1 aliphatic carbocycles. The van der Waals surface area contributed by atoms with Gasteiger partial charge in [0.05, 0.1) is 42.4 Å². The second kappa shape index (κ2) is 17.9. The number of aromatic nitrogens is 2. The molecule has 12 nitrogen and oxygen atoms in total. The van der Waals surface area contributed by atoms with Gasteiger partial charge in [0, 0.05) is 25.8 Å². The van der Waals surface area contributed by atoms with Crippen LogP contribution in [0.3, 0.4) is 0 Å². The molecule has 1 heterocycles. The number of aliphatic hydroxyl groups is 2. The highest BCUT2D eigenvalue weighted by Gasteiger charge is 2.40. The van der Waals surface area contributed by atoms with Crippen LogP contribution in [-0.4, -0.2) is 75.3 Å². The van der Waals surface area contributed by atoms with Crippen molar-refractivity contribution in [3.8, 4) is 5.75 Å². The van der Waals surface area contributed by atoms with Gasteiger partial charge in [-0.3, -0.25) is 19.7 Å². The van der Waals surface area contributed by atoms with E-state index in [-0.39, 0.29) is 25.3 Å². The molecular weight excluding hydrogens is 709 g/mol. The molecule has 0 bridgehead atoms. The Morgan fingerprint density at radius 1 is 0.875 bits per heavy atom. The second-order valence-electron chi connectivity index (χ2n) is 15.5. The van der Waals surface area contributed by atoms with Crippen molar-refractivity contribution in [3.05, 3.63) is 131 Å². The van der Waals surface area contributed by atoms with Crippen molar-refractivity contribution in [1.29, 1.82) is 0 Å². The maximum atomic E-state index is 14.3. The van der Waals surface area contributed by atoms with Crippen LogP contribution in [0.2, 0.25) is 0 Å². The molecule has 0 saturated heterocycles. The molecule has 294 valence electrons.